The average molecular weight is 228 g/mol. The molecule has 5 heteroatoms. The zero-order chi connectivity index (χ0) is 11.3. The molecular weight excluding hydrogens is 214 g/mol. The third-order valence-corrected chi connectivity index (χ3v) is 3.38. The van der Waals surface area contributed by atoms with E-state index in [9.17, 15) is 8.42 Å². The van der Waals surface area contributed by atoms with Crippen molar-refractivity contribution >= 4 is 10.0 Å². The molecule has 83 valence electrons. The summed E-state index contributed by atoms with van der Waals surface area (Å²) in [5.41, 5.74) is 0. The summed E-state index contributed by atoms with van der Waals surface area (Å²) in [6, 6.07) is 8.65. The van der Waals surface area contributed by atoms with Crippen molar-refractivity contribution in [1.82, 2.24) is 4.72 Å². The van der Waals surface area contributed by atoms with Crippen molar-refractivity contribution in [2.24, 2.45) is 0 Å². The van der Waals surface area contributed by atoms with Gasteiger partial charge >= 0.3 is 0 Å². The minimum atomic E-state index is -3.43. The van der Waals surface area contributed by atoms with Gasteiger partial charge in [-0.15, -0.1) is 0 Å². The summed E-state index contributed by atoms with van der Waals surface area (Å²) < 4.78 is 30.8. The van der Waals surface area contributed by atoms with E-state index in [0.717, 1.165) is 0 Å². The number of rotatable bonds is 5. The van der Waals surface area contributed by atoms with Crippen molar-refractivity contribution in [3.05, 3.63) is 30.3 Å². The Bertz CT molecular complexity index is 388. The van der Waals surface area contributed by atoms with Crippen molar-refractivity contribution in [3.63, 3.8) is 0 Å². The second-order valence-electron chi connectivity index (χ2n) is 3.21. The molecule has 1 aromatic carbocycles. The van der Waals surface area contributed by atoms with Gasteiger partial charge in [0.05, 0.1) is 11.5 Å². The Balaban J connectivity index is 2.77. The predicted octanol–water partition coefficient (Wildman–Crippen LogP) is 0.800. The van der Waals surface area contributed by atoms with Crippen LogP contribution in [0.2, 0.25) is 0 Å². The summed E-state index contributed by atoms with van der Waals surface area (Å²) in [4.78, 5) is 0.240. The van der Waals surface area contributed by atoms with Crippen molar-refractivity contribution in [2.45, 2.75) is 17.9 Å². The van der Waals surface area contributed by atoms with Crippen LogP contribution < -0.4 is 4.72 Å². The Morgan fingerprint density at radius 3 is 2.60 bits per heavy atom. The van der Waals surface area contributed by atoms with E-state index in [2.05, 4.69) is 10.8 Å². The third kappa shape index (κ3) is 3.62. The first-order chi connectivity index (χ1) is 7.06. The van der Waals surface area contributed by atoms with E-state index < -0.39 is 10.0 Å². The molecule has 0 spiro atoms. The van der Waals surface area contributed by atoms with Gasteiger partial charge in [0, 0.05) is 13.2 Å². The number of hydrogen-bond acceptors (Lipinski definition) is 3. The summed E-state index contributed by atoms with van der Waals surface area (Å²) in [6.07, 6.45) is 0. The van der Waals surface area contributed by atoms with Crippen LogP contribution >= 0.6 is 0 Å². The lowest BCUT2D eigenvalue weighted by atomic mass is 10.4. The van der Waals surface area contributed by atoms with E-state index in [1.165, 1.54) is 19.2 Å². The highest BCUT2D eigenvalue weighted by Gasteiger charge is 2.16. The zero-order valence-electron chi connectivity index (χ0n) is 8.73. The fraction of sp³-hybridized carbons (Fsp3) is 0.400. The van der Waals surface area contributed by atoms with Crippen molar-refractivity contribution in [3.8, 4) is 0 Å². The Morgan fingerprint density at radius 1 is 1.47 bits per heavy atom. The molecule has 0 saturated carbocycles. The molecule has 0 amide bonds. The lowest BCUT2D eigenvalue weighted by Crippen LogP contribution is -2.35. The number of nitrogens with one attached hydrogen (secondary N) is 1. The van der Waals surface area contributed by atoms with Crippen LogP contribution in [0.25, 0.3) is 0 Å². The Kier molecular flexibility index (Phi) is 4.26. The third-order valence-electron chi connectivity index (χ3n) is 1.77. The lowest BCUT2D eigenvalue weighted by Gasteiger charge is -2.12. The van der Waals surface area contributed by atoms with Gasteiger partial charge in [0.25, 0.3) is 0 Å². The normalized spacial score (nSPS) is 13.7. The van der Waals surface area contributed by atoms with Gasteiger partial charge in [-0.25, -0.2) is 13.1 Å². The molecule has 0 saturated heterocycles. The first-order valence-electron chi connectivity index (χ1n) is 4.53. The maximum atomic E-state index is 11.7. The second-order valence-corrected chi connectivity index (χ2v) is 4.93. The molecule has 0 aliphatic carbocycles. The summed E-state index contributed by atoms with van der Waals surface area (Å²) in [5, 5.41) is 0. The first-order valence-corrected chi connectivity index (χ1v) is 6.02. The van der Waals surface area contributed by atoms with E-state index in [1.807, 2.05) is 0 Å². The molecular formula is C10H14NO3S. The topological polar surface area (TPSA) is 55.4 Å². The molecule has 1 aromatic rings. The van der Waals surface area contributed by atoms with Crippen LogP contribution in [-0.2, 0) is 14.8 Å². The van der Waals surface area contributed by atoms with Crippen molar-refractivity contribution < 1.29 is 13.2 Å². The largest absolute Gasteiger partial charge is 0.383 e. The van der Waals surface area contributed by atoms with Gasteiger partial charge in [-0.3, -0.25) is 0 Å². The van der Waals surface area contributed by atoms with E-state index in [-0.39, 0.29) is 10.9 Å². The molecule has 0 aliphatic heterocycles. The van der Waals surface area contributed by atoms with E-state index >= 15 is 0 Å². The number of benzene rings is 1. The maximum absolute atomic E-state index is 11.7. The van der Waals surface area contributed by atoms with Gasteiger partial charge in [0.2, 0.25) is 10.0 Å². The van der Waals surface area contributed by atoms with Crippen LogP contribution in [0, 0.1) is 6.07 Å². The zero-order valence-corrected chi connectivity index (χ0v) is 9.54. The van der Waals surface area contributed by atoms with Crippen LogP contribution in [0.15, 0.2) is 29.2 Å². The summed E-state index contributed by atoms with van der Waals surface area (Å²) in [5.74, 6) is 0. The molecule has 0 aliphatic rings. The highest BCUT2D eigenvalue weighted by molar-refractivity contribution is 7.89. The molecule has 1 rings (SSSR count). The standard InChI is InChI=1S/C10H14NO3S/c1-9(8-14-2)11-15(12,13)10-6-4-3-5-7-10/h4-7,9,11H,8H2,1-2H3. The number of ether oxygens (including phenoxy) is 1. The van der Waals surface area contributed by atoms with Gasteiger partial charge < -0.3 is 4.74 Å². The quantitative estimate of drug-likeness (QED) is 0.811. The molecule has 0 heterocycles. The minimum absolute atomic E-state index is 0.240. The average Bonchev–Trinajstić information content (AvgIpc) is 2.18. The Labute approximate surface area is 90.3 Å². The molecule has 15 heavy (non-hydrogen) atoms. The molecule has 1 N–H and O–H groups in total. The van der Waals surface area contributed by atoms with E-state index in [4.69, 9.17) is 4.74 Å². The Hall–Kier alpha value is -0.910. The van der Waals surface area contributed by atoms with Crippen LogP contribution in [0.3, 0.4) is 0 Å². The summed E-state index contributed by atoms with van der Waals surface area (Å²) >= 11 is 0. The fourth-order valence-electron chi connectivity index (χ4n) is 1.17. The van der Waals surface area contributed by atoms with Gasteiger partial charge in [0.15, 0.2) is 0 Å². The smallest absolute Gasteiger partial charge is 0.240 e. The molecule has 0 bridgehead atoms. The van der Waals surface area contributed by atoms with Gasteiger partial charge in [-0.2, -0.15) is 0 Å². The predicted molar refractivity (Wildman–Crippen MR) is 56.9 cm³/mol. The van der Waals surface area contributed by atoms with E-state index in [0.29, 0.717) is 6.61 Å². The molecule has 0 fully saturated rings. The maximum Gasteiger partial charge on any atom is 0.240 e. The summed E-state index contributed by atoms with van der Waals surface area (Å²) in [7, 11) is -1.90. The molecule has 4 nitrogen and oxygen atoms in total. The van der Waals surface area contributed by atoms with Crippen molar-refractivity contribution in [1.29, 1.82) is 0 Å². The van der Waals surface area contributed by atoms with Crippen LogP contribution in [-0.4, -0.2) is 28.2 Å². The van der Waals surface area contributed by atoms with Gasteiger partial charge in [0.1, 0.15) is 0 Å². The van der Waals surface area contributed by atoms with Crippen LogP contribution in [0.5, 0.6) is 0 Å². The summed E-state index contributed by atoms with van der Waals surface area (Å²) in [6.45, 7) is 2.09. The fourth-order valence-corrected chi connectivity index (χ4v) is 2.40. The van der Waals surface area contributed by atoms with E-state index in [1.54, 1.807) is 19.1 Å². The van der Waals surface area contributed by atoms with Gasteiger partial charge in [-0.05, 0) is 25.1 Å². The van der Waals surface area contributed by atoms with Gasteiger partial charge in [-0.1, -0.05) is 12.1 Å². The Morgan fingerprint density at radius 2 is 2.07 bits per heavy atom. The minimum Gasteiger partial charge on any atom is -0.383 e. The first kappa shape index (κ1) is 12.2. The lowest BCUT2D eigenvalue weighted by molar-refractivity contribution is 0.180. The highest BCUT2D eigenvalue weighted by Crippen LogP contribution is 2.07. The number of sulfonamides is 1. The molecule has 1 radical (unpaired) electrons. The molecule has 0 aromatic heterocycles. The monoisotopic (exact) mass is 228 g/mol. The second kappa shape index (κ2) is 5.25. The molecule has 1 unspecified atom stereocenters. The number of hydrogen-bond donors (Lipinski definition) is 1. The van der Waals surface area contributed by atoms with Crippen LogP contribution in [0.4, 0.5) is 0 Å². The SMILES string of the molecule is COCC(C)NS(=O)(=O)c1cc[c]cc1. The highest BCUT2D eigenvalue weighted by atomic mass is 32.2. The van der Waals surface area contributed by atoms with Crippen molar-refractivity contribution in [2.75, 3.05) is 13.7 Å². The number of methoxy groups -OCH3 is 1. The van der Waals surface area contributed by atoms with Crippen LogP contribution in [0.1, 0.15) is 6.92 Å². The molecule has 1 atom stereocenters.